The van der Waals surface area contributed by atoms with Crippen LogP contribution in [0.2, 0.25) is 5.02 Å². The minimum atomic E-state index is -0.531. The molecule has 0 amide bonds. The van der Waals surface area contributed by atoms with Crippen LogP contribution in [0.1, 0.15) is 0 Å². The molecule has 0 saturated heterocycles. The van der Waals surface area contributed by atoms with E-state index in [0.29, 0.717) is 5.02 Å². The second-order valence-corrected chi connectivity index (χ2v) is 3.40. The Labute approximate surface area is 93.4 Å². The number of carbonyl (C=O) groups excluding carboxylic acids is 1. The largest absolute Gasteiger partial charge is 0.467 e. The van der Waals surface area contributed by atoms with Gasteiger partial charge in [0.1, 0.15) is 6.04 Å². The van der Waals surface area contributed by atoms with Crippen molar-refractivity contribution in [3.05, 3.63) is 29.3 Å². The van der Waals surface area contributed by atoms with Crippen molar-refractivity contribution >= 4 is 23.3 Å². The normalized spacial score (nSPS) is 11.9. The third-order valence-corrected chi connectivity index (χ3v) is 2.16. The third-order valence-electron chi connectivity index (χ3n) is 1.91. The molecule has 1 atom stereocenters. The molecule has 1 rings (SSSR count). The summed E-state index contributed by atoms with van der Waals surface area (Å²) in [7, 11) is 1.33. The van der Waals surface area contributed by atoms with Crippen LogP contribution in [0, 0.1) is 0 Å². The van der Waals surface area contributed by atoms with Crippen LogP contribution in [-0.4, -0.2) is 25.7 Å². The maximum absolute atomic E-state index is 11.2. The molecule has 0 heterocycles. The van der Waals surface area contributed by atoms with Crippen molar-refractivity contribution in [3.8, 4) is 0 Å². The van der Waals surface area contributed by atoms with Gasteiger partial charge in [0, 0.05) is 17.3 Å². The van der Waals surface area contributed by atoms with Crippen molar-refractivity contribution in [1.82, 2.24) is 0 Å². The average molecular weight is 229 g/mol. The molecule has 3 N–H and O–H groups in total. The highest BCUT2D eigenvalue weighted by molar-refractivity contribution is 6.30. The van der Waals surface area contributed by atoms with E-state index >= 15 is 0 Å². The zero-order valence-corrected chi connectivity index (χ0v) is 9.12. The van der Waals surface area contributed by atoms with E-state index in [1.165, 1.54) is 7.11 Å². The summed E-state index contributed by atoms with van der Waals surface area (Å²) in [5, 5.41) is 3.59. The van der Waals surface area contributed by atoms with Gasteiger partial charge in [-0.1, -0.05) is 11.6 Å². The molecule has 0 spiro atoms. The van der Waals surface area contributed by atoms with Crippen LogP contribution in [0.5, 0.6) is 0 Å². The summed E-state index contributed by atoms with van der Waals surface area (Å²) in [4.78, 5) is 11.2. The van der Waals surface area contributed by atoms with E-state index in [-0.39, 0.29) is 12.5 Å². The SMILES string of the molecule is COC(=O)C(CN)Nc1ccc(Cl)cc1. The second kappa shape index (κ2) is 5.58. The molecule has 0 radical (unpaired) electrons. The Bertz CT molecular complexity index is 327. The summed E-state index contributed by atoms with van der Waals surface area (Å²) < 4.78 is 4.59. The standard InChI is InChI=1S/C10H13ClN2O2/c1-15-10(14)9(6-12)13-8-4-2-7(11)3-5-8/h2-5,9,13H,6,12H2,1H3. The number of esters is 1. The zero-order valence-electron chi connectivity index (χ0n) is 8.37. The maximum atomic E-state index is 11.2. The lowest BCUT2D eigenvalue weighted by Crippen LogP contribution is -2.37. The van der Waals surface area contributed by atoms with Crippen LogP contribution >= 0.6 is 11.6 Å². The lowest BCUT2D eigenvalue weighted by Gasteiger charge is -2.15. The highest BCUT2D eigenvalue weighted by Crippen LogP contribution is 2.14. The molecule has 1 aromatic rings. The number of rotatable bonds is 4. The van der Waals surface area contributed by atoms with Crippen molar-refractivity contribution in [2.75, 3.05) is 19.0 Å². The van der Waals surface area contributed by atoms with Crippen molar-refractivity contribution in [1.29, 1.82) is 0 Å². The fraction of sp³-hybridized carbons (Fsp3) is 0.300. The number of nitrogens with one attached hydrogen (secondary N) is 1. The number of nitrogens with two attached hydrogens (primary N) is 1. The Kier molecular flexibility index (Phi) is 4.39. The number of ether oxygens (including phenoxy) is 1. The Morgan fingerprint density at radius 1 is 1.53 bits per heavy atom. The minimum Gasteiger partial charge on any atom is -0.467 e. The Balaban J connectivity index is 2.66. The molecule has 0 fully saturated rings. The molecule has 82 valence electrons. The van der Waals surface area contributed by atoms with E-state index in [4.69, 9.17) is 17.3 Å². The third kappa shape index (κ3) is 3.42. The van der Waals surface area contributed by atoms with Gasteiger partial charge < -0.3 is 15.8 Å². The summed E-state index contributed by atoms with van der Waals surface area (Å²) in [6, 6.07) is 6.47. The first kappa shape index (κ1) is 11.8. The number of anilines is 1. The van der Waals surface area contributed by atoms with Crippen LogP contribution in [0.15, 0.2) is 24.3 Å². The van der Waals surface area contributed by atoms with Gasteiger partial charge in [-0.2, -0.15) is 0 Å². The van der Waals surface area contributed by atoms with Gasteiger partial charge in [0.25, 0.3) is 0 Å². The quantitative estimate of drug-likeness (QED) is 0.762. The molecule has 0 aliphatic heterocycles. The monoisotopic (exact) mass is 228 g/mol. The second-order valence-electron chi connectivity index (χ2n) is 2.96. The van der Waals surface area contributed by atoms with Crippen LogP contribution in [0.25, 0.3) is 0 Å². The van der Waals surface area contributed by atoms with E-state index in [2.05, 4.69) is 10.1 Å². The van der Waals surface area contributed by atoms with Gasteiger partial charge in [-0.05, 0) is 24.3 Å². The van der Waals surface area contributed by atoms with E-state index < -0.39 is 6.04 Å². The molecule has 1 aromatic carbocycles. The number of benzene rings is 1. The molecule has 4 nitrogen and oxygen atoms in total. The van der Waals surface area contributed by atoms with Gasteiger partial charge in [-0.25, -0.2) is 4.79 Å². The molecule has 0 aliphatic rings. The van der Waals surface area contributed by atoms with E-state index in [9.17, 15) is 4.79 Å². The summed E-state index contributed by atoms with van der Waals surface area (Å²) in [6.07, 6.45) is 0. The van der Waals surface area contributed by atoms with Crippen molar-refractivity contribution in [2.24, 2.45) is 5.73 Å². The average Bonchev–Trinajstić information content (AvgIpc) is 2.27. The van der Waals surface area contributed by atoms with Crippen molar-refractivity contribution in [3.63, 3.8) is 0 Å². The first-order chi connectivity index (χ1) is 7.17. The van der Waals surface area contributed by atoms with Gasteiger partial charge in [0.05, 0.1) is 7.11 Å². The van der Waals surface area contributed by atoms with Gasteiger partial charge in [-0.3, -0.25) is 0 Å². The lowest BCUT2D eigenvalue weighted by molar-refractivity contribution is -0.141. The smallest absolute Gasteiger partial charge is 0.329 e. The van der Waals surface area contributed by atoms with Crippen LogP contribution in [-0.2, 0) is 9.53 Å². The Morgan fingerprint density at radius 3 is 2.60 bits per heavy atom. The molecular weight excluding hydrogens is 216 g/mol. The maximum Gasteiger partial charge on any atom is 0.329 e. The number of carbonyl (C=O) groups is 1. The van der Waals surface area contributed by atoms with E-state index in [0.717, 1.165) is 5.69 Å². The fourth-order valence-corrected chi connectivity index (χ4v) is 1.23. The summed E-state index contributed by atoms with van der Waals surface area (Å²) in [6.45, 7) is 0.176. The summed E-state index contributed by atoms with van der Waals surface area (Å²) >= 11 is 5.73. The van der Waals surface area contributed by atoms with Crippen LogP contribution in [0.3, 0.4) is 0 Å². The zero-order chi connectivity index (χ0) is 11.3. The lowest BCUT2D eigenvalue weighted by atomic mass is 10.2. The Hall–Kier alpha value is -1.26. The van der Waals surface area contributed by atoms with E-state index in [1.54, 1.807) is 24.3 Å². The number of halogens is 1. The molecule has 0 aromatic heterocycles. The predicted octanol–water partition coefficient (Wildman–Crippen LogP) is 1.25. The van der Waals surface area contributed by atoms with Gasteiger partial charge in [0.2, 0.25) is 0 Å². The van der Waals surface area contributed by atoms with Crippen molar-refractivity contribution in [2.45, 2.75) is 6.04 Å². The minimum absolute atomic E-state index is 0.176. The first-order valence-corrected chi connectivity index (χ1v) is 4.85. The molecule has 15 heavy (non-hydrogen) atoms. The molecule has 1 unspecified atom stereocenters. The number of methoxy groups -OCH3 is 1. The number of hydrogen-bond donors (Lipinski definition) is 2. The summed E-state index contributed by atoms with van der Waals surface area (Å²) in [5.74, 6) is -0.382. The van der Waals surface area contributed by atoms with Gasteiger partial charge >= 0.3 is 5.97 Å². The molecular formula is C10H13ClN2O2. The first-order valence-electron chi connectivity index (χ1n) is 4.47. The van der Waals surface area contributed by atoms with E-state index in [1.807, 2.05) is 0 Å². The van der Waals surface area contributed by atoms with Gasteiger partial charge in [-0.15, -0.1) is 0 Å². The predicted molar refractivity (Wildman–Crippen MR) is 59.9 cm³/mol. The van der Waals surface area contributed by atoms with Gasteiger partial charge in [0.15, 0.2) is 0 Å². The molecule has 0 saturated carbocycles. The highest BCUT2D eigenvalue weighted by atomic mass is 35.5. The molecule has 5 heteroatoms. The fourth-order valence-electron chi connectivity index (χ4n) is 1.10. The van der Waals surface area contributed by atoms with Crippen LogP contribution in [0.4, 0.5) is 5.69 Å². The van der Waals surface area contributed by atoms with Crippen LogP contribution < -0.4 is 11.1 Å². The highest BCUT2D eigenvalue weighted by Gasteiger charge is 2.16. The molecule has 0 aliphatic carbocycles. The number of hydrogen-bond acceptors (Lipinski definition) is 4. The topological polar surface area (TPSA) is 64.3 Å². The van der Waals surface area contributed by atoms with Crippen molar-refractivity contribution < 1.29 is 9.53 Å². The Morgan fingerprint density at radius 2 is 2.13 bits per heavy atom. The molecule has 0 bridgehead atoms. The summed E-state index contributed by atoms with van der Waals surface area (Å²) in [5.41, 5.74) is 6.22.